The molecule has 1 aliphatic heterocycles. The van der Waals surface area contributed by atoms with Gasteiger partial charge in [0, 0.05) is 12.1 Å². The number of nitrogens with zero attached hydrogens (tertiary/aromatic N) is 2. The minimum absolute atomic E-state index is 0.134. The maximum absolute atomic E-state index is 12.8. The summed E-state index contributed by atoms with van der Waals surface area (Å²) in [5, 5.41) is 9.59. The van der Waals surface area contributed by atoms with Crippen molar-refractivity contribution in [2.24, 2.45) is 5.73 Å². The molecule has 2 N–H and O–H groups in total. The third-order valence-electron chi connectivity index (χ3n) is 3.98. The van der Waals surface area contributed by atoms with Gasteiger partial charge in [0.2, 0.25) is 0 Å². The molecule has 0 saturated carbocycles. The van der Waals surface area contributed by atoms with Crippen molar-refractivity contribution in [1.29, 1.82) is 5.26 Å². The highest BCUT2D eigenvalue weighted by molar-refractivity contribution is 8.04. The van der Waals surface area contributed by atoms with Crippen LogP contribution >= 0.6 is 11.8 Å². The lowest BCUT2D eigenvalue weighted by molar-refractivity contribution is 0.0997. The highest BCUT2D eigenvalue weighted by Crippen LogP contribution is 2.38. The molecule has 4 nitrogen and oxygen atoms in total. The van der Waals surface area contributed by atoms with Gasteiger partial charge in [-0.15, -0.1) is 0 Å². The number of Topliss-reactive ketones (excluding diaryl/α,β-unsaturated/α-hetero) is 1. The van der Waals surface area contributed by atoms with Gasteiger partial charge in [0.1, 0.15) is 17.1 Å². The van der Waals surface area contributed by atoms with Crippen LogP contribution in [0.15, 0.2) is 83.7 Å². The Morgan fingerprint density at radius 2 is 1.76 bits per heavy atom. The normalized spacial score (nSPS) is 17.3. The van der Waals surface area contributed by atoms with Crippen LogP contribution in [0.5, 0.6) is 0 Å². The average molecular weight is 347 g/mol. The van der Waals surface area contributed by atoms with Crippen LogP contribution < -0.4 is 5.73 Å². The first-order valence-electron chi connectivity index (χ1n) is 7.78. The molecule has 1 unspecified atom stereocenters. The summed E-state index contributed by atoms with van der Waals surface area (Å²) in [4.78, 5) is 14.6. The van der Waals surface area contributed by atoms with E-state index in [1.54, 1.807) is 29.2 Å². The predicted octanol–water partition coefficient (Wildman–Crippen LogP) is 3.65. The van der Waals surface area contributed by atoms with Crippen LogP contribution in [0.25, 0.3) is 0 Å². The van der Waals surface area contributed by atoms with Crippen molar-refractivity contribution < 1.29 is 4.79 Å². The largest absolute Gasteiger partial charge is 0.384 e. The van der Waals surface area contributed by atoms with Gasteiger partial charge >= 0.3 is 0 Å². The average Bonchev–Trinajstić information content (AvgIpc) is 2.65. The third kappa shape index (κ3) is 3.44. The van der Waals surface area contributed by atoms with Gasteiger partial charge in [-0.05, 0) is 5.56 Å². The molecular formula is C20H17N3OS. The van der Waals surface area contributed by atoms with E-state index in [2.05, 4.69) is 12.6 Å². The number of rotatable bonds is 4. The molecule has 25 heavy (non-hydrogen) atoms. The van der Waals surface area contributed by atoms with E-state index < -0.39 is 5.25 Å². The predicted molar refractivity (Wildman–Crippen MR) is 100 cm³/mol. The maximum Gasteiger partial charge on any atom is 0.181 e. The lowest BCUT2D eigenvalue weighted by Gasteiger charge is -2.34. The maximum atomic E-state index is 12.8. The Kier molecular flexibility index (Phi) is 4.92. The van der Waals surface area contributed by atoms with Crippen LogP contribution in [0, 0.1) is 11.3 Å². The van der Waals surface area contributed by atoms with E-state index in [1.165, 1.54) is 11.8 Å². The number of nitriles is 1. The van der Waals surface area contributed by atoms with Gasteiger partial charge in [-0.25, -0.2) is 0 Å². The van der Waals surface area contributed by atoms with Crippen LogP contribution in [-0.2, 0) is 6.54 Å². The first-order chi connectivity index (χ1) is 12.1. The topological polar surface area (TPSA) is 70.1 Å². The molecular weight excluding hydrogens is 330 g/mol. The minimum Gasteiger partial charge on any atom is -0.384 e. The number of hydrogen-bond acceptors (Lipinski definition) is 5. The van der Waals surface area contributed by atoms with Crippen molar-refractivity contribution in [3.8, 4) is 6.07 Å². The third-order valence-corrected chi connectivity index (χ3v) is 5.16. The van der Waals surface area contributed by atoms with Gasteiger partial charge in [-0.2, -0.15) is 5.26 Å². The van der Waals surface area contributed by atoms with Gasteiger partial charge in [0.05, 0.1) is 10.6 Å². The van der Waals surface area contributed by atoms with Crippen molar-refractivity contribution in [3.63, 3.8) is 0 Å². The Balaban J connectivity index is 1.93. The highest BCUT2D eigenvalue weighted by Gasteiger charge is 2.35. The van der Waals surface area contributed by atoms with Gasteiger partial charge in [0.25, 0.3) is 0 Å². The molecule has 0 spiro atoms. The number of ketones is 1. The Labute approximate surface area is 151 Å². The Morgan fingerprint density at radius 1 is 1.16 bits per heavy atom. The fourth-order valence-electron chi connectivity index (χ4n) is 2.67. The molecule has 2 aromatic carbocycles. The molecule has 1 heterocycles. The van der Waals surface area contributed by atoms with Crippen LogP contribution in [0.1, 0.15) is 15.9 Å². The summed E-state index contributed by atoms with van der Waals surface area (Å²) in [6.45, 7) is 4.56. The highest BCUT2D eigenvalue weighted by atomic mass is 32.2. The fraction of sp³-hybridized carbons (Fsp3) is 0.100. The number of benzene rings is 2. The molecule has 0 fully saturated rings. The Morgan fingerprint density at radius 3 is 2.36 bits per heavy atom. The second-order valence-corrected chi connectivity index (χ2v) is 6.78. The van der Waals surface area contributed by atoms with Gasteiger partial charge < -0.3 is 10.6 Å². The summed E-state index contributed by atoms with van der Waals surface area (Å²) in [7, 11) is 0. The van der Waals surface area contributed by atoms with Crippen LogP contribution in [-0.4, -0.2) is 15.9 Å². The second-order valence-electron chi connectivity index (χ2n) is 5.60. The SMILES string of the molecule is C=C1SC(C(=O)c2ccccc2)C(C#N)=C(N)N1Cc1ccccc1. The molecule has 1 aliphatic rings. The zero-order chi connectivity index (χ0) is 17.8. The van der Waals surface area contributed by atoms with E-state index >= 15 is 0 Å². The zero-order valence-corrected chi connectivity index (χ0v) is 14.4. The molecule has 0 amide bonds. The first-order valence-corrected chi connectivity index (χ1v) is 8.66. The molecule has 1 atom stereocenters. The number of hydrogen-bond donors (Lipinski definition) is 1. The molecule has 0 saturated heterocycles. The number of carbonyl (C=O) groups excluding carboxylic acids is 1. The summed E-state index contributed by atoms with van der Waals surface area (Å²) in [6, 6.07) is 20.9. The smallest absolute Gasteiger partial charge is 0.181 e. The van der Waals surface area contributed by atoms with Gasteiger partial charge in [-0.1, -0.05) is 79.0 Å². The van der Waals surface area contributed by atoms with E-state index in [0.717, 1.165) is 5.56 Å². The molecule has 0 aliphatic carbocycles. The number of carbonyl (C=O) groups is 1. The molecule has 0 aromatic heterocycles. The zero-order valence-electron chi connectivity index (χ0n) is 13.6. The van der Waals surface area contributed by atoms with Crippen molar-refractivity contribution in [1.82, 2.24) is 4.90 Å². The summed E-state index contributed by atoms with van der Waals surface area (Å²) in [6.07, 6.45) is 0. The van der Waals surface area contributed by atoms with E-state index in [9.17, 15) is 10.1 Å². The number of thioether (sulfide) groups is 1. The molecule has 3 rings (SSSR count). The fourth-order valence-corrected chi connectivity index (χ4v) is 3.76. The standard InChI is InChI=1S/C20H17N3OS/c1-14-23(13-15-8-4-2-5-9-15)20(22)17(12-21)19(25-14)18(24)16-10-6-3-7-11-16/h2-11,19H,1,13,22H2. The van der Waals surface area contributed by atoms with Gasteiger partial charge in [-0.3, -0.25) is 4.79 Å². The van der Waals surface area contributed by atoms with Crippen molar-refractivity contribution in [2.45, 2.75) is 11.8 Å². The monoisotopic (exact) mass is 347 g/mol. The molecule has 0 bridgehead atoms. The van der Waals surface area contributed by atoms with Crippen LogP contribution in [0.4, 0.5) is 0 Å². The molecule has 2 aromatic rings. The Hall–Kier alpha value is -2.97. The quantitative estimate of drug-likeness (QED) is 0.855. The van der Waals surface area contributed by atoms with E-state index in [4.69, 9.17) is 5.73 Å². The molecule has 124 valence electrons. The molecule has 5 heteroatoms. The van der Waals surface area contributed by atoms with Crippen LogP contribution in [0.2, 0.25) is 0 Å². The summed E-state index contributed by atoms with van der Waals surface area (Å²) in [5.41, 5.74) is 8.13. The summed E-state index contributed by atoms with van der Waals surface area (Å²) in [5.74, 6) is 0.162. The summed E-state index contributed by atoms with van der Waals surface area (Å²) < 4.78 is 0. The van der Waals surface area contributed by atoms with Crippen molar-refractivity contribution >= 4 is 17.5 Å². The molecule has 0 radical (unpaired) electrons. The lowest BCUT2D eigenvalue weighted by Crippen LogP contribution is -2.36. The summed E-state index contributed by atoms with van der Waals surface area (Å²) >= 11 is 1.27. The Bertz CT molecular complexity index is 869. The minimum atomic E-state index is -0.660. The number of nitrogens with two attached hydrogens (primary N) is 1. The van der Waals surface area contributed by atoms with Gasteiger partial charge in [0.15, 0.2) is 5.78 Å². The van der Waals surface area contributed by atoms with E-state index in [-0.39, 0.29) is 11.4 Å². The van der Waals surface area contributed by atoms with Crippen molar-refractivity contribution in [3.05, 3.63) is 94.8 Å². The van der Waals surface area contributed by atoms with E-state index in [0.29, 0.717) is 23.0 Å². The first kappa shape index (κ1) is 16.9. The van der Waals surface area contributed by atoms with Crippen LogP contribution in [0.3, 0.4) is 0 Å². The lowest BCUT2D eigenvalue weighted by atomic mass is 10.0. The second kappa shape index (κ2) is 7.29. The van der Waals surface area contributed by atoms with E-state index in [1.807, 2.05) is 36.4 Å². The van der Waals surface area contributed by atoms with Crippen molar-refractivity contribution in [2.75, 3.05) is 0 Å².